The molecule has 0 N–H and O–H groups in total. The van der Waals surface area contributed by atoms with E-state index >= 15 is 0 Å². The number of imidazole rings is 1. The zero-order valence-electron chi connectivity index (χ0n) is 40.6. The van der Waals surface area contributed by atoms with Crippen molar-refractivity contribution in [3.8, 4) is 0 Å². The maximum Gasteiger partial charge on any atom is 0.494 e. The van der Waals surface area contributed by atoms with E-state index in [1.807, 2.05) is 101 Å². The van der Waals surface area contributed by atoms with Gasteiger partial charge in [0.15, 0.2) is 5.65 Å². The molecule has 1 aliphatic heterocycles. The van der Waals surface area contributed by atoms with Crippen LogP contribution in [0, 0.1) is 6.92 Å². The molecule has 71 heavy (non-hydrogen) atoms. The Hall–Kier alpha value is 2.02. The molecule has 3 aromatic carbocycles. The molecule has 28 heteroatoms. The predicted molar refractivity (Wildman–Crippen MR) is 343 cm³/mol. The Morgan fingerprint density at radius 2 is 1.48 bits per heavy atom. The van der Waals surface area contributed by atoms with Crippen molar-refractivity contribution in [3.63, 3.8) is 0 Å². The number of carbonyl (C=O) groups excluding carboxylic acids is 1. The third kappa shape index (κ3) is 16.8. The summed E-state index contributed by atoms with van der Waals surface area (Å²) in [7, 11) is 26.6. The van der Waals surface area contributed by atoms with Gasteiger partial charge in [0.05, 0.1) is 34.7 Å². The Bertz CT molecular complexity index is 2710. The van der Waals surface area contributed by atoms with Crippen LogP contribution < -0.4 is 5.46 Å². The molecule has 1 fully saturated rings. The summed E-state index contributed by atoms with van der Waals surface area (Å²) in [6.07, 6.45) is -0.902. The lowest BCUT2D eigenvalue weighted by atomic mass is 9.75. The highest BCUT2D eigenvalue weighted by Crippen LogP contribution is 3.22. The van der Waals surface area contributed by atoms with E-state index in [2.05, 4.69) is 128 Å². The van der Waals surface area contributed by atoms with Crippen LogP contribution in [0.15, 0.2) is 106 Å². The Balaban J connectivity index is 0.000000218. The molecule has 8 nitrogen and oxygen atoms in total. The van der Waals surface area contributed by atoms with Crippen LogP contribution in [0.2, 0.25) is 0 Å². The number of benzene rings is 3. The third-order valence-electron chi connectivity index (χ3n) is 11.9. The van der Waals surface area contributed by atoms with Crippen molar-refractivity contribution in [2.45, 2.75) is 90.9 Å². The molecule has 1 saturated heterocycles. The van der Waals surface area contributed by atoms with Gasteiger partial charge in [-0.25, -0.2) is 4.98 Å². The van der Waals surface area contributed by atoms with Crippen molar-refractivity contribution in [1.82, 2.24) is 14.3 Å². The van der Waals surface area contributed by atoms with Gasteiger partial charge in [0.25, 0.3) is 0 Å². The number of furan rings is 1. The SMILES string of the molecule is COC(=O)C(C)(C)c1cccc(B2OC(C)(C)C(C)(C)O2)c1.Cc1ccc2ccccc2c1CN(Cc1ccc(C(F)(F)F)o1)Cc1ccc(Br)c2nccn12.PPP(P)P(P(P)P)P(P(P)P)P(P)P. The van der Waals surface area contributed by atoms with Gasteiger partial charge in [0.1, 0.15) is 5.76 Å². The average molecular weight is 1310 g/mol. The van der Waals surface area contributed by atoms with Crippen molar-refractivity contribution in [2.75, 3.05) is 7.11 Å². The topological polar surface area (TPSA) is 78.4 Å². The molecule has 7 rings (SSSR count). The first-order valence-corrected chi connectivity index (χ1v) is 49.0. The Labute approximate surface area is 453 Å². The number of pyridine rings is 1. The van der Waals surface area contributed by atoms with Crippen molar-refractivity contribution >= 4 is 172 Å². The molecule has 0 aliphatic carbocycles. The number of halogens is 4. The summed E-state index contributed by atoms with van der Waals surface area (Å²) in [4.78, 5) is 18.5. The number of carbonyl (C=O) groups is 1. The first-order chi connectivity index (χ1) is 33.1. The molecule has 11 atom stereocenters. The zero-order chi connectivity index (χ0) is 52.8. The van der Waals surface area contributed by atoms with Crippen LogP contribution in [0.25, 0.3) is 16.4 Å². The summed E-state index contributed by atoms with van der Waals surface area (Å²) < 4.78 is 64.4. The van der Waals surface area contributed by atoms with Crippen LogP contribution >= 0.6 is 137 Å². The number of nitrogens with zero attached hydrogens (tertiary/aromatic N) is 3. The van der Waals surface area contributed by atoms with Gasteiger partial charge in [-0.05, 0) is 164 Å². The van der Waals surface area contributed by atoms with Gasteiger partial charge in [0, 0.05) is 31.2 Å². The van der Waals surface area contributed by atoms with E-state index in [1.165, 1.54) is 13.2 Å². The minimum absolute atomic E-state index is 0.0884. The monoisotopic (exact) mass is 1310 g/mol. The molecular formula is C43H63BBrF3N3O5P15. The third-order valence-corrected chi connectivity index (χ3v) is 101. The molecule has 11 unspecified atom stereocenters. The van der Waals surface area contributed by atoms with Crippen molar-refractivity contribution in [2.24, 2.45) is 0 Å². The quantitative estimate of drug-likeness (QED) is 0.0576. The molecular weight excluding hydrogens is 1250 g/mol. The number of aryl methyl sites for hydroxylation is 1. The Morgan fingerprint density at radius 1 is 0.845 bits per heavy atom. The lowest BCUT2D eigenvalue weighted by molar-refractivity contribution is -0.153. The van der Waals surface area contributed by atoms with Crippen LogP contribution in [0.4, 0.5) is 13.2 Å². The summed E-state index contributed by atoms with van der Waals surface area (Å²) in [5, 5.41) is 2.26. The van der Waals surface area contributed by atoms with Gasteiger partial charge in [-0.1, -0.05) is 68.6 Å². The summed E-state index contributed by atoms with van der Waals surface area (Å²) >= 11 is 3.52. The van der Waals surface area contributed by atoms with Crippen LogP contribution in [-0.2, 0) is 50.1 Å². The van der Waals surface area contributed by atoms with Crippen molar-refractivity contribution in [3.05, 3.63) is 136 Å². The highest BCUT2D eigenvalue weighted by atomic mass is 79.9. The summed E-state index contributed by atoms with van der Waals surface area (Å²) in [6.45, 7) is 16.0. The Morgan fingerprint density at radius 3 is 2.06 bits per heavy atom. The van der Waals surface area contributed by atoms with E-state index in [1.54, 1.807) is 6.20 Å². The molecule has 1 aliphatic rings. The van der Waals surface area contributed by atoms with E-state index < -0.39 is 24.5 Å². The number of esters is 1. The van der Waals surface area contributed by atoms with Crippen molar-refractivity contribution in [1.29, 1.82) is 0 Å². The summed E-state index contributed by atoms with van der Waals surface area (Å²) in [5.74, 6) is -0.979. The van der Waals surface area contributed by atoms with E-state index in [-0.39, 0.29) is 71.4 Å². The van der Waals surface area contributed by atoms with Gasteiger partial charge >= 0.3 is 19.3 Å². The van der Waals surface area contributed by atoms with Gasteiger partial charge in [0.2, 0.25) is 5.76 Å². The van der Waals surface area contributed by atoms with E-state index in [4.69, 9.17) is 18.5 Å². The lowest BCUT2D eigenvalue weighted by Gasteiger charge is -2.38. The van der Waals surface area contributed by atoms with Crippen LogP contribution in [0.3, 0.4) is 0 Å². The smallest absolute Gasteiger partial charge is 0.468 e. The number of ether oxygens (including phenoxy) is 1. The number of hydrogen-bond acceptors (Lipinski definition) is 7. The van der Waals surface area contributed by atoms with Crippen LogP contribution in [-0.4, -0.2) is 45.7 Å². The molecule has 0 spiro atoms. The van der Waals surface area contributed by atoms with Crippen LogP contribution in [0.1, 0.15) is 75.4 Å². The minimum atomic E-state index is -4.51. The maximum atomic E-state index is 13.1. The second-order valence-corrected chi connectivity index (χ2v) is 74.5. The second kappa shape index (κ2) is 27.9. The molecule has 0 amide bonds. The normalized spacial score (nSPS) is 15.8. The number of methoxy groups -OCH3 is 1. The predicted octanol–water partition coefficient (Wildman–Crippen LogP) is 18.2. The maximum absolute atomic E-state index is 13.1. The van der Waals surface area contributed by atoms with Gasteiger partial charge in [-0.3, -0.25) is 9.69 Å². The molecule has 6 aromatic rings. The molecule has 0 radical (unpaired) electrons. The number of alkyl halides is 3. The minimum Gasteiger partial charge on any atom is -0.468 e. The number of rotatable bonds is 15. The average Bonchev–Trinajstić information content (AvgIpc) is 4.05. The fourth-order valence-electron chi connectivity index (χ4n) is 7.35. The van der Waals surface area contributed by atoms with E-state index in [9.17, 15) is 18.0 Å². The second-order valence-electron chi connectivity index (χ2n) is 17.8. The molecule has 386 valence electrons. The van der Waals surface area contributed by atoms with Gasteiger partial charge < -0.3 is 22.9 Å². The fourth-order valence-corrected chi connectivity index (χ4v) is 164. The summed E-state index contributed by atoms with van der Waals surface area (Å²) in [6, 6.07) is 26.4. The first kappa shape index (κ1) is 63.9. The largest absolute Gasteiger partial charge is 0.494 e. The van der Waals surface area contributed by atoms with Crippen molar-refractivity contribution < 1.29 is 36.4 Å². The zero-order valence-corrected chi connectivity index (χ0v) is 57.8. The van der Waals surface area contributed by atoms with E-state index in [0.717, 1.165) is 62.8 Å². The number of aromatic nitrogens is 2. The van der Waals surface area contributed by atoms with Crippen LogP contribution in [0.5, 0.6) is 0 Å². The number of fused-ring (bicyclic) bond motifs is 2. The van der Waals surface area contributed by atoms with Gasteiger partial charge in [-0.15, -0.1) is 71.4 Å². The van der Waals surface area contributed by atoms with Gasteiger partial charge in [-0.2, -0.15) is 13.2 Å². The molecule has 0 saturated carbocycles. The fraction of sp³-hybridized carbons (Fsp3) is 0.349. The molecule has 3 aromatic heterocycles. The number of hydrogen-bond donors (Lipinski definition) is 0. The van der Waals surface area contributed by atoms with E-state index in [0.29, 0.717) is 13.1 Å². The molecule has 0 bridgehead atoms. The Kier molecular flexibility index (Phi) is 25.1. The first-order valence-electron chi connectivity index (χ1n) is 21.6. The molecule has 4 heterocycles. The highest BCUT2D eigenvalue weighted by Gasteiger charge is 2.52. The summed E-state index contributed by atoms with van der Waals surface area (Å²) in [5.41, 5.74) is 4.33. The standard InChI is InChI=1S/C26H21BrF3N3O.C17H25BO4.H17P15/c1-17-6-7-18-4-2-3-5-21(18)22(17)16-32(15-20-9-11-24(34-20)26(28,29)30)14-19-8-10-23(27)25-31-12-13-33(19)25;1-15(2,14(19)20-7)12-9-8-10-13(11-12)18-21-16(3,4)17(5,6)22-18;1-9-13(8)15(12(6)7)14(10(2)3)11(4)5/h2-13H,14-16H2,1H3;8-11H,1-7H3;9H,1-8H2. The lowest BCUT2D eigenvalue weighted by Crippen LogP contribution is -2.41. The highest BCUT2D eigenvalue weighted by molar-refractivity contribution is 9.28.